The smallest absolute Gasteiger partial charge is 0.277 e. The van der Waals surface area contributed by atoms with Gasteiger partial charge in [0.1, 0.15) is 16.8 Å². The van der Waals surface area contributed by atoms with Crippen molar-refractivity contribution in [2.24, 2.45) is 0 Å². The van der Waals surface area contributed by atoms with E-state index in [0.29, 0.717) is 17.6 Å². The number of aromatic nitrogens is 3. The maximum Gasteiger partial charge on any atom is 0.277 e. The van der Waals surface area contributed by atoms with Crippen LogP contribution < -0.4 is 10.3 Å². The Labute approximate surface area is 126 Å². The van der Waals surface area contributed by atoms with E-state index in [1.807, 2.05) is 18.2 Å². The maximum absolute atomic E-state index is 12.6. The van der Waals surface area contributed by atoms with Crippen LogP contribution in [0, 0.1) is 0 Å². The van der Waals surface area contributed by atoms with Crippen LogP contribution in [0.5, 0.6) is 5.75 Å². The number of fused-ring (bicyclic) bond motifs is 3. The van der Waals surface area contributed by atoms with E-state index in [4.69, 9.17) is 9.47 Å². The number of aromatic amines is 1. The average molecular weight is 299 g/mol. The highest BCUT2D eigenvalue weighted by Gasteiger charge is 2.18. The minimum absolute atomic E-state index is 0.0596. The van der Waals surface area contributed by atoms with E-state index < -0.39 is 0 Å². The van der Waals surface area contributed by atoms with E-state index in [1.165, 1.54) is 0 Å². The zero-order chi connectivity index (χ0) is 15.1. The second-order valence-corrected chi connectivity index (χ2v) is 5.60. The van der Waals surface area contributed by atoms with E-state index in [0.717, 1.165) is 36.1 Å². The van der Waals surface area contributed by atoms with Gasteiger partial charge in [-0.1, -0.05) is 0 Å². The van der Waals surface area contributed by atoms with Crippen LogP contribution in [0.1, 0.15) is 12.8 Å². The van der Waals surface area contributed by atoms with Gasteiger partial charge in [0, 0.05) is 18.1 Å². The Hall–Kier alpha value is -2.34. The molecular weight excluding hydrogens is 282 g/mol. The van der Waals surface area contributed by atoms with Crippen molar-refractivity contribution in [2.45, 2.75) is 25.5 Å². The van der Waals surface area contributed by atoms with Crippen molar-refractivity contribution in [3.63, 3.8) is 0 Å². The van der Waals surface area contributed by atoms with Crippen molar-refractivity contribution in [3.8, 4) is 5.75 Å². The standard InChI is InChI=1S/C16H17N3O3/c1-21-10-4-5-12-13(7-10)18-15-14(12)17-9-19(16(15)20)8-11-3-2-6-22-11/h4-5,7,9,11,18H,2-3,6,8H2,1H3/t11-/m0/s1. The third kappa shape index (κ3) is 2.07. The molecule has 0 amide bonds. The van der Waals surface area contributed by atoms with Gasteiger partial charge >= 0.3 is 0 Å². The second kappa shape index (κ2) is 5.14. The number of hydrogen-bond donors (Lipinski definition) is 1. The highest BCUT2D eigenvalue weighted by atomic mass is 16.5. The molecule has 1 aliphatic heterocycles. The van der Waals surface area contributed by atoms with E-state index >= 15 is 0 Å². The summed E-state index contributed by atoms with van der Waals surface area (Å²) >= 11 is 0. The molecule has 1 saturated heterocycles. The summed E-state index contributed by atoms with van der Waals surface area (Å²) in [6, 6.07) is 5.67. The zero-order valence-corrected chi connectivity index (χ0v) is 12.3. The van der Waals surface area contributed by atoms with Gasteiger partial charge in [0.15, 0.2) is 0 Å². The summed E-state index contributed by atoms with van der Waals surface area (Å²) in [4.78, 5) is 20.3. The number of nitrogens with zero attached hydrogens (tertiary/aromatic N) is 2. The van der Waals surface area contributed by atoms with Crippen LogP contribution in [-0.2, 0) is 11.3 Å². The molecule has 114 valence electrons. The van der Waals surface area contributed by atoms with Crippen molar-refractivity contribution in [3.05, 3.63) is 34.9 Å². The first-order valence-corrected chi connectivity index (χ1v) is 7.43. The van der Waals surface area contributed by atoms with Crippen molar-refractivity contribution in [2.75, 3.05) is 13.7 Å². The summed E-state index contributed by atoms with van der Waals surface area (Å²) in [7, 11) is 1.62. The third-order valence-corrected chi connectivity index (χ3v) is 4.20. The first-order valence-electron chi connectivity index (χ1n) is 7.43. The monoisotopic (exact) mass is 299 g/mol. The highest BCUT2D eigenvalue weighted by molar-refractivity contribution is 6.04. The summed E-state index contributed by atoms with van der Waals surface area (Å²) in [5.74, 6) is 0.749. The first kappa shape index (κ1) is 13.3. The summed E-state index contributed by atoms with van der Waals surface area (Å²) in [5, 5.41) is 0.928. The Balaban J connectivity index is 1.83. The van der Waals surface area contributed by atoms with Crippen LogP contribution >= 0.6 is 0 Å². The highest BCUT2D eigenvalue weighted by Crippen LogP contribution is 2.25. The normalized spacial score (nSPS) is 18.3. The van der Waals surface area contributed by atoms with Crippen LogP contribution in [0.4, 0.5) is 0 Å². The van der Waals surface area contributed by atoms with Crippen molar-refractivity contribution in [1.82, 2.24) is 14.5 Å². The van der Waals surface area contributed by atoms with Gasteiger partial charge < -0.3 is 14.5 Å². The van der Waals surface area contributed by atoms with Crippen LogP contribution in [-0.4, -0.2) is 34.4 Å². The summed E-state index contributed by atoms with van der Waals surface area (Å²) in [6.45, 7) is 1.34. The fraction of sp³-hybridized carbons (Fsp3) is 0.375. The van der Waals surface area contributed by atoms with Crippen LogP contribution in [0.25, 0.3) is 21.9 Å². The van der Waals surface area contributed by atoms with Gasteiger partial charge in [-0.15, -0.1) is 0 Å². The number of methoxy groups -OCH3 is 1. The molecule has 0 aliphatic carbocycles. The van der Waals surface area contributed by atoms with Gasteiger partial charge in [-0.2, -0.15) is 0 Å². The Morgan fingerprint density at radius 3 is 3.18 bits per heavy atom. The molecule has 1 aliphatic rings. The fourth-order valence-corrected chi connectivity index (χ4v) is 3.04. The molecule has 0 radical (unpaired) electrons. The quantitative estimate of drug-likeness (QED) is 0.804. The van der Waals surface area contributed by atoms with E-state index in [1.54, 1.807) is 18.0 Å². The minimum atomic E-state index is -0.0596. The lowest BCUT2D eigenvalue weighted by molar-refractivity contribution is 0.0960. The molecule has 0 saturated carbocycles. The maximum atomic E-state index is 12.6. The molecule has 6 heteroatoms. The molecule has 1 fully saturated rings. The van der Waals surface area contributed by atoms with Gasteiger partial charge in [-0.3, -0.25) is 9.36 Å². The molecule has 1 aromatic carbocycles. The van der Waals surface area contributed by atoms with Crippen molar-refractivity contribution < 1.29 is 9.47 Å². The molecule has 4 rings (SSSR count). The molecule has 1 N–H and O–H groups in total. The molecule has 0 unspecified atom stereocenters. The molecule has 1 atom stereocenters. The van der Waals surface area contributed by atoms with Crippen molar-refractivity contribution >= 4 is 21.9 Å². The van der Waals surface area contributed by atoms with Gasteiger partial charge in [0.05, 0.1) is 31.6 Å². The molecule has 22 heavy (non-hydrogen) atoms. The minimum Gasteiger partial charge on any atom is -0.497 e. The summed E-state index contributed by atoms with van der Waals surface area (Å²) < 4.78 is 12.4. The van der Waals surface area contributed by atoms with Crippen molar-refractivity contribution in [1.29, 1.82) is 0 Å². The molecule has 0 bridgehead atoms. The lowest BCUT2D eigenvalue weighted by atomic mass is 10.2. The number of benzene rings is 1. The Morgan fingerprint density at radius 2 is 2.41 bits per heavy atom. The van der Waals surface area contributed by atoms with E-state index in [-0.39, 0.29) is 11.7 Å². The molecule has 2 aromatic heterocycles. The topological polar surface area (TPSA) is 69.1 Å². The Bertz CT molecular complexity index is 891. The van der Waals surface area contributed by atoms with Crippen LogP contribution in [0.3, 0.4) is 0 Å². The molecular formula is C16H17N3O3. The van der Waals surface area contributed by atoms with Gasteiger partial charge in [0.25, 0.3) is 5.56 Å². The number of nitrogens with one attached hydrogen (secondary N) is 1. The summed E-state index contributed by atoms with van der Waals surface area (Å²) in [6.07, 6.45) is 3.78. The SMILES string of the molecule is COc1ccc2c(c1)[nH]c1c(=O)n(C[C@@H]3CCCO3)cnc12. The second-order valence-electron chi connectivity index (χ2n) is 5.60. The number of H-pyrrole nitrogens is 1. The lowest BCUT2D eigenvalue weighted by Gasteiger charge is -2.10. The Kier molecular flexibility index (Phi) is 3.11. The van der Waals surface area contributed by atoms with E-state index in [2.05, 4.69) is 9.97 Å². The van der Waals surface area contributed by atoms with E-state index in [9.17, 15) is 4.79 Å². The molecule has 3 aromatic rings. The number of hydrogen-bond acceptors (Lipinski definition) is 4. The van der Waals surface area contributed by atoms with Crippen LogP contribution in [0.15, 0.2) is 29.3 Å². The predicted octanol–water partition coefficient (Wildman–Crippen LogP) is 2.07. The third-order valence-electron chi connectivity index (χ3n) is 4.20. The predicted molar refractivity (Wildman–Crippen MR) is 83.4 cm³/mol. The first-order chi connectivity index (χ1) is 10.8. The number of ether oxygens (including phenoxy) is 2. The lowest BCUT2D eigenvalue weighted by Crippen LogP contribution is -2.26. The molecule has 0 spiro atoms. The molecule has 3 heterocycles. The Morgan fingerprint density at radius 1 is 1.50 bits per heavy atom. The number of rotatable bonds is 3. The average Bonchev–Trinajstić information content (AvgIpc) is 3.17. The van der Waals surface area contributed by atoms with Gasteiger partial charge in [-0.05, 0) is 25.0 Å². The fourth-order valence-electron chi connectivity index (χ4n) is 3.04. The molecule has 6 nitrogen and oxygen atoms in total. The largest absolute Gasteiger partial charge is 0.497 e. The zero-order valence-electron chi connectivity index (χ0n) is 12.3. The van der Waals surface area contributed by atoms with Gasteiger partial charge in [-0.25, -0.2) is 4.98 Å². The summed E-state index contributed by atoms with van der Waals surface area (Å²) in [5.41, 5.74) is 2.03. The van der Waals surface area contributed by atoms with Crippen LogP contribution in [0.2, 0.25) is 0 Å². The van der Waals surface area contributed by atoms with Gasteiger partial charge in [0.2, 0.25) is 0 Å².